The highest BCUT2D eigenvalue weighted by Crippen LogP contribution is 2.21. The average Bonchev–Trinajstić information content (AvgIpc) is 3.49. The van der Waals surface area contributed by atoms with Gasteiger partial charge in [0.15, 0.2) is 6.61 Å². The molecule has 2 aliphatic heterocycles. The van der Waals surface area contributed by atoms with Crippen LogP contribution in [0.5, 0.6) is 6.01 Å². The van der Waals surface area contributed by atoms with Gasteiger partial charge in [0.25, 0.3) is 5.95 Å². The van der Waals surface area contributed by atoms with E-state index in [1.165, 1.54) is 0 Å². The van der Waals surface area contributed by atoms with Gasteiger partial charge in [0.1, 0.15) is 6.61 Å². The molecule has 0 radical (unpaired) electrons. The van der Waals surface area contributed by atoms with Gasteiger partial charge in [0, 0.05) is 35.8 Å². The van der Waals surface area contributed by atoms with Gasteiger partial charge in [0.2, 0.25) is 11.8 Å². The number of azo groups is 1. The summed E-state index contributed by atoms with van der Waals surface area (Å²) in [5.74, 6) is 1.22. The van der Waals surface area contributed by atoms with Crippen LogP contribution in [0.4, 0.5) is 11.9 Å². The fraction of sp³-hybridized carbons (Fsp3) is 0.400. The van der Waals surface area contributed by atoms with Crippen LogP contribution in [-0.2, 0) is 16.0 Å². The van der Waals surface area contributed by atoms with Gasteiger partial charge in [-0.2, -0.15) is 20.1 Å². The van der Waals surface area contributed by atoms with Crippen molar-refractivity contribution in [2.45, 2.75) is 6.54 Å². The normalized spacial score (nSPS) is 16.6. The highest BCUT2D eigenvalue weighted by molar-refractivity contribution is 5.83. The van der Waals surface area contributed by atoms with E-state index in [4.69, 9.17) is 14.2 Å². The van der Waals surface area contributed by atoms with E-state index in [1.54, 1.807) is 0 Å². The Labute approximate surface area is 178 Å². The van der Waals surface area contributed by atoms with E-state index < -0.39 is 0 Å². The quantitative estimate of drug-likeness (QED) is 0.580. The van der Waals surface area contributed by atoms with Crippen molar-refractivity contribution in [2.24, 2.45) is 15.2 Å². The van der Waals surface area contributed by atoms with Crippen LogP contribution in [0.25, 0.3) is 10.9 Å². The van der Waals surface area contributed by atoms with E-state index in [1.807, 2.05) is 29.3 Å². The lowest BCUT2D eigenvalue weighted by Crippen LogP contribution is -2.37. The van der Waals surface area contributed by atoms with Crippen molar-refractivity contribution in [1.29, 1.82) is 0 Å². The van der Waals surface area contributed by atoms with Crippen molar-refractivity contribution < 1.29 is 14.2 Å². The number of hydrogen-bond donors (Lipinski definition) is 1. The largest absolute Gasteiger partial charge is 0.477 e. The number of aliphatic imine (C=N–C) groups is 1. The van der Waals surface area contributed by atoms with Crippen LogP contribution in [0.3, 0.4) is 0 Å². The maximum absolute atomic E-state index is 5.69. The number of aromatic nitrogens is 4. The summed E-state index contributed by atoms with van der Waals surface area (Å²) >= 11 is 0. The van der Waals surface area contributed by atoms with Gasteiger partial charge < -0.3 is 24.1 Å². The van der Waals surface area contributed by atoms with Gasteiger partial charge in [-0.1, -0.05) is 18.2 Å². The zero-order valence-corrected chi connectivity index (χ0v) is 16.9. The smallest absolute Gasteiger partial charge is 0.323 e. The molecule has 0 amide bonds. The molecule has 11 nitrogen and oxygen atoms in total. The first-order valence-electron chi connectivity index (χ1n) is 10.2. The molecule has 1 aromatic carbocycles. The third-order valence-electron chi connectivity index (χ3n) is 4.93. The number of rotatable bonds is 7. The number of morpholine rings is 1. The molecule has 1 N–H and O–H groups in total. The van der Waals surface area contributed by atoms with Crippen LogP contribution in [0.1, 0.15) is 5.56 Å². The molecule has 0 aliphatic carbocycles. The summed E-state index contributed by atoms with van der Waals surface area (Å²) in [4.78, 5) is 22.6. The lowest BCUT2D eigenvalue weighted by Gasteiger charge is -2.26. The number of para-hydroxylation sites is 1. The second-order valence-corrected chi connectivity index (χ2v) is 6.99. The number of benzene rings is 1. The number of nitrogens with one attached hydrogen (secondary N) is 1. The molecule has 11 heteroatoms. The Kier molecular flexibility index (Phi) is 5.65. The minimum absolute atomic E-state index is 0.163. The third-order valence-corrected chi connectivity index (χ3v) is 4.93. The summed E-state index contributed by atoms with van der Waals surface area (Å²) in [6.07, 6.45) is 1.94. The fourth-order valence-corrected chi connectivity index (χ4v) is 3.38. The molecule has 2 aliphatic rings. The Morgan fingerprint density at radius 1 is 1.10 bits per heavy atom. The summed E-state index contributed by atoms with van der Waals surface area (Å²) in [5, 5.41) is 9.66. The molecular formula is C20H22N8O3. The predicted octanol–water partition coefficient (Wildman–Crippen LogP) is 2.28. The van der Waals surface area contributed by atoms with E-state index in [0.717, 1.165) is 16.5 Å². The molecule has 0 unspecified atom stereocenters. The van der Waals surface area contributed by atoms with E-state index in [2.05, 4.69) is 41.2 Å². The van der Waals surface area contributed by atoms with Gasteiger partial charge in [-0.25, -0.2) is 4.99 Å². The Morgan fingerprint density at radius 3 is 2.87 bits per heavy atom. The van der Waals surface area contributed by atoms with Gasteiger partial charge in [0.05, 0.1) is 26.3 Å². The topological polar surface area (TPSA) is 122 Å². The summed E-state index contributed by atoms with van der Waals surface area (Å²) in [5.41, 5.74) is 2.12. The van der Waals surface area contributed by atoms with Crippen molar-refractivity contribution in [3.63, 3.8) is 0 Å². The molecular weight excluding hydrogens is 400 g/mol. The van der Waals surface area contributed by atoms with Gasteiger partial charge in [-0.15, -0.1) is 5.11 Å². The molecule has 160 valence electrons. The van der Waals surface area contributed by atoms with Gasteiger partial charge in [-0.3, -0.25) is 0 Å². The van der Waals surface area contributed by atoms with Crippen LogP contribution in [-0.4, -0.2) is 71.9 Å². The molecule has 31 heavy (non-hydrogen) atoms. The Morgan fingerprint density at radius 2 is 2.00 bits per heavy atom. The molecule has 0 bridgehead atoms. The number of H-pyrrole nitrogens is 1. The second-order valence-electron chi connectivity index (χ2n) is 6.99. The minimum Gasteiger partial charge on any atom is -0.477 e. The second kappa shape index (κ2) is 9.04. The zero-order chi connectivity index (χ0) is 20.9. The van der Waals surface area contributed by atoms with Crippen LogP contribution >= 0.6 is 0 Å². The maximum atomic E-state index is 5.69. The summed E-state index contributed by atoms with van der Waals surface area (Å²) in [7, 11) is 0. The molecule has 5 rings (SSSR count). The van der Waals surface area contributed by atoms with Crippen LogP contribution < -0.4 is 9.64 Å². The summed E-state index contributed by atoms with van der Waals surface area (Å²) < 4.78 is 16.5. The minimum atomic E-state index is 0.163. The van der Waals surface area contributed by atoms with E-state index in [-0.39, 0.29) is 18.6 Å². The first kappa shape index (κ1) is 19.4. The Bertz CT molecular complexity index is 1110. The number of aromatic amines is 1. The molecule has 1 fully saturated rings. The highest BCUT2D eigenvalue weighted by Gasteiger charge is 2.18. The summed E-state index contributed by atoms with van der Waals surface area (Å²) in [6, 6.07) is 8.23. The van der Waals surface area contributed by atoms with Crippen LogP contribution in [0.2, 0.25) is 0 Å². The summed E-state index contributed by atoms with van der Waals surface area (Å²) in [6.45, 7) is 4.39. The van der Waals surface area contributed by atoms with E-state index in [0.29, 0.717) is 57.8 Å². The SMILES string of the molecule is c1ccc2c(CN=Nc3nc(OCC4=NCCO4)nc(N4CCOCC4)n3)c[nH]c2c1. The lowest BCUT2D eigenvalue weighted by molar-refractivity contribution is 0.122. The van der Waals surface area contributed by atoms with Crippen LogP contribution in [0, 0.1) is 0 Å². The number of ether oxygens (including phenoxy) is 3. The van der Waals surface area contributed by atoms with Gasteiger partial charge in [-0.05, 0) is 6.07 Å². The molecule has 4 heterocycles. The van der Waals surface area contributed by atoms with Crippen molar-refractivity contribution in [2.75, 3.05) is 51.0 Å². The van der Waals surface area contributed by atoms with E-state index >= 15 is 0 Å². The van der Waals surface area contributed by atoms with Gasteiger partial charge >= 0.3 is 6.01 Å². The number of hydrogen-bond acceptors (Lipinski definition) is 10. The van der Waals surface area contributed by atoms with Crippen molar-refractivity contribution in [3.05, 3.63) is 36.0 Å². The third kappa shape index (κ3) is 4.61. The molecule has 0 saturated carbocycles. The first-order chi connectivity index (χ1) is 15.3. The standard InChI is InChI=1S/C20H22N8O3/c1-2-4-16-15(3-1)14(11-22-16)12-23-27-18-24-19(28-6-9-29-10-7-28)26-20(25-18)31-13-17-21-5-8-30-17/h1-4,11,22H,5-10,12-13H2. The van der Waals surface area contributed by atoms with E-state index in [9.17, 15) is 0 Å². The number of fused-ring (bicyclic) bond motifs is 1. The van der Waals surface area contributed by atoms with Crippen molar-refractivity contribution in [3.8, 4) is 6.01 Å². The fourth-order valence-electron chi connectivity index (χ4n) is 3.38. The molecule has 0 atom stereocenters. The van der Waals surface area contributed by atoms with Crippen molar-refractivity contribution >= 4 is 28.7 Å². The monoisotopic (exact) mass is 422 g/mol. The average molecular weight is 422 g/mol. The number of nitrogens with zero attached hydrogens (tertiary/aromatic N) is 7. The molecule has 1 saturated heterocycles. The first-order valence-corrected chi connectivity index (χ1v) is 10.2. The Balaban J connectivity index is 1.35. The predicted molar refractivity (Wildman–Crippen MR) is 113 cm³/mol. The molecule has 2 aromatic heterocycles. The molecule has 0 spiro atoms. The zero-order valence-electron chi connectivity index (χ0n) is 16.9. The number of anilines is 1. The van der Waals surface area contributed by atoms with Crippen molar-refractivity contribution in [1.82, 2.24) is 19.9 Å². The maximum Gasteiger partial charge on any atom is 0.323 e. The Hall–Kier alpha value is -3.60. The highest BCUT2D eigenvalue weighted by atomic mass is 16.5. The van der Waals surface area contributed by atoms with Crippen LogP contribution in [0.15, 0.2) is 45.7 Å². The molecule has 3 aromatic rings. The lowest BCUT2D eigenvalue weighted by atomic mass is 10.2.